The van der Waals surface area contributed by atoms with E-state index < -0.39 is 146 Å². The molecule has 0 saturated heterocycles. The number of nitrogens with two attached hydrogens (primary N) is 2. The first-order valence-electron chi connectivity index (χ1n) is 34.1. The minimum atomic E-state index is -2.96. The number of fused-ring (bicyclic) bond motifs is 4. The highest BCUT2D eigenvalue weighted by Crippen LogP contribution is 2.45. The normalized spacial score (nSPS) is 18.4. The van der Waals surface area contributed by atoms with Crippen LogP contribution in [0.4, 0.5) is 70.2 Å². The van der Waals surface area contributed by atoms with Crippen LogP contribution in [0.15, 0.2) is 97.1 Å². The summed E-state index contributed by atoms with van der Waals surface area (Å²) in [5.74, 6) is -9.55. The van der Waals surface area contributed by atoms with E-state index in [1.807, 2.05) is 0 Å². The molecule has 4 aliphatic rings. The fourth-order valence-corrected chi connectivity index (χ4v) is 12.2. The first-order valence-corrected chi connectivity index (χ1v) is 34.1. The van der Waals surface area contributed by atoms with E-state index in [1.54, 1.807) is 41.5 Å². The van der Waals surface area contributed by atoms with Gasteiger partial charge in [-0.3, -0.25) is 9.59 Å². The monoisotopic (exact) mass is 1610 g/mol. The number of aromatic nitrogens is 4. The van der Waals surface area contributed by atoms with Crippen LogP contribution >= 0.6 is 0 Å². The van der Waals surface area contributed by atoms with Gasteiger partial charge in [0, 0.05) is 68.8 Å². The molecule has 36 heteroatoms. The Bertz CT molecular complexity index is 4510. The van der Waals surface area contributed by atoms with Crippen molar-refractivity contribution in [1.82, 2.24) is 19.9 Å². The van der Waals surface area contributed by atoms with E-state index in [-0.39, 0.29) is 100 Å². The molecule has 8 heterocycles. The number of carbonyl (C=O) groups is 4. The molecule has 0 bridgehead atoms. The van der Waals surface area contributed by atoms with E-state index in [0.717, 1.165) is 48.5 Å². The Morgan fingerprint density at radius 1 is 0.363 bits per heavy atom. The second-order valence-electron chi connectivity index (χ2n) is 26.5. The van der Waals surface area contributed by atoms with Gasteiger partial charge in [-0.25, -0.2) is 64.6 Å². The second kappa shape index (κ2) is 37.3. The third-order valence-corrected chi connectivity index (χ3v) is 17.8. The average Bonchev–Trinajstić information content (AvgIpc) is 0.783. The maximum atomic E-state index is 14.4. The quantitative estimate of drug-likeness (QED) is 0.0472. The van der Waals surface area contributed by atoms with Crippen molar-refractivity contribution in [2.75, 3.05) is 39.6 Å². The van der Waals surface area contributed by atoms with Crippen LogP contribution in [0.5, 0.6) is 23.5 Å². The van der Waals surface area contributed by atoms with Gasteiger partial charge in [0.15, 0.2) is 11.4 Å². The zero-order valence-electron chi connectivity index (χ0n) is 60.2. The highest BCUT2D eigenvalue weighted by atomic mass is 19.3. The molecule has 4 aromatic carbocycles. The molecule has 0 fully saturated rings. The van der Waals surface area contributed by atoms with Gasteiger partial charge in [0.2, 0.25) is 23.5 Å². The van der Waals surface area contributed by atoms with Gasteiger partial charge in [0.25, 0.3) is 11.8 Å². The summed E-state index contributed by atoms with van der Waals surface area (Å²) in [5, 5.41) is 0. The predicted molar refractivity (Wildman–Crippen MR) is 371 cm³/mol. The molecule has 4 N–H and O–H groups in total. The lowest BCUT2D eigenvalue weighted by atomic mass is 9.89. The zero-order valence-corrected chi connectivity index (χ0v) is 60.2. The number of pyridine rings is 4. The Kier molecular flexibility index (Phi) is 29.0. The molecule has 8 aromatic rings. The minimum Gasteiger partial charge on any atom is -0.469 e. The molecule has 4 aromatic heterocycles. The largest absolute Gasteiger partial charge is 0.469 e. The van der Waals surface area contributed by atoms with Crippen LogP contribution < -0.4 is 30.4 Å². The Balaban J connectivity index is 0.000000188. The fourth-order valence-electron chi connectivity index (χ4n) is 12.2. The lowest BCUT2D eigenvalue weighted by Crippen LogP contribution is -2.42. The summed E-state index contributed by atoms with van der Waals surface area (Å²) < 4.78 is 260. The van der Waals surface area contributed by atoms with Crippen LogP contribution in [-0.2, 0) is 54.1 Å². The van der Waals surface area contributed by atoms with Crippen molar-refractivity contribution >= 4 is 23.8 Å². The third kappa shape index (κ3) is 22.4. The maximum Gasteiger partial charge on any atom is 0.357 e. The van der Waals surface area contributed by atoms with E-state index in [4.69, 9.17) is 39.9 Å². The van der Waals surface area contributed by atoms with E-state index in [1.165, 1.54) is 48.5 Å². The molecule has 0 aliphatic carbocycles. The zero-order chi connectivity index (χ0) is 81.9. The topological polar surface area (TPSA) is 264 Å². The summed E-state index contributed by atoms with van der Waals surface area (Å²) in [7, 11) is 0. The van der Waals surface area contributed by atoms with Crippen molar-refractivity contribution in [2.24, 2.45) is 11.5 Å². The van der Waals surface area contributed by atoms with E-state index >= 15 is 0 Å². The lowest BCUT2D eigenvalue weighted by molar-refractivity contribution is -0.164. The number of amides is 2. The van der Waals surface area contributed by atoms with E-state index in [0.29, 0.717) is 84.7 Å². The molecule has 608 valence electrons. The summed E-state index contributed by atoms with van der Waals surface area (Å²) in [5.41, 5.74) is 8.79. The summed E-state index contributed by atoms with van der Waals surface area (Å²) in [6.07, 6.45) is 2.39. The average molecular weight is 1610 g/mol. The number of hydrogen-bond acceptors (Lipinski definition) is 18. The van der Waals surface area contributed by atoms with Gasteiger partial charge in [-0.2, -0.15) is 35.1 Å². The Hall–Kier alpha value is -10.7. The van der Waals surface area contributed by atoms with Crippen molar-refractivity contribution in [2.45, 2.75) is 149 Å². The Morgan fingerprint density at radius 2 is 0.575 bits per heavy atom. The summed E-state index contributed by atoms with van der Waals surface area (Å²) in [6, 6.07) is 17.6. The van der Waals surface area contributed by atoms with Crippen molar-refractivity contribution in [3.63, 3.8) is 0 Å². The predicted octanol–water partition coefficient (Wildman–Crippen LogP) is 16.6. The van der Waals surface area contributed by atoms with Crippen LogP contribution in [0.2, 0.25) is 0 Å². The smallest absolute Gasteiger partial charge is 0.357 e. The fraction of sp³-hybridized carbons (Fsp3) is 0.377. The van der Waals surface area contributed by atoms with Crippen LogP contribution in [0.1, 0.15) is 139 Å². The molecule has 4 atom stereocenters. The van der Waals surface area contributed by atoms with Crippen molar-refractivity contribution in [3.8, 4) is 68.0 Å². The van der Waals surface area contributed by atoms with Crippen molar-refractivity contribution < 1.29 is 137 Å². The molecule has 0 radical (unpaired) electrons. The lowest BCUT2D eigenvalue weighted by Gasteiger charge is -2.35. The molecule has 4 aliphatic heterocycles. The number of ether oxygens (including phenoxy) is 10. The van der Waals surface area contributed by atoms with Gasteiger partial charge in [-0.1, -0.05) is 7.43 Å². The summed E-state index contributed by atoms with van der Waals surface area (Å²) in [6.45, 7) is -3.70. The SMILES string of the molecule is C.CCOC(=O)c1cc(-c2ccc(F)cc2F)c2c(n1)O[C@@](C)(COC(F)F)CC2.CCOC(=O)c1cc(-c2ccc(F)cc2F)c2c(n1)O[C@](C)(COC(F)F)CC2.C[C@@]1(COC(F)F)CCc2c(-c3ccc(F)cc3F)cc(C(N)=O)nc2O1.C[C@]1(COC(F)F)CCc2c(-c3ccc(F)cc3F)cc(C(N)=O)nc2O1. The van der Waals surface area contributed by atoms with E-state index in [2.05, 4.69) is 38.9 Å². The highest BCUT2D eigenvalue weighted by Gasteiger charge is 2.41. The molecular formula is C77H74F16N6O14. The number of hydrogen-bond donors (Lipinski definition) is 2. The highest BCUT2D eigenvalue weighted by molar-refractivity contribution is 5.94. The number of nitrogens with zero attached hydrogens (tertiary/aromatic N) is 4. The van der Waals surface area contributed by atoms with Crippen LogP contribution in [-0.4, -0.2) is 132 Å². The first-order chi connectivity index (χ1) is 52.8. The number of benzene rings is 4. The molecule has 20 nitrogen and oxygen atoms in total. The molecular weight excluding hydrogens is 1540 g/mol. The minimum absolute atomic E-state index is 0. The van der Waals surface area contributed by atoms with Crippen LogP contribution in [0.3, 0.4) is 0 Å². The maximum absolute atomic E-state index is 14.4. The Morgan fingerprint density at radius 3 is 0.770 bits per heavy atom. The number of rotatable bonds is 22. The second-order valence-corrected chi connectivity index (χ2v) is 26.5. The van der Waals surface area contributed by atoms with Gasteiger partial charge >= 0.3 is 38.4 Å². The summed E-state index contributed by atoms with van der Waals surface area (Å²) in [4.78, 5) is 64.0. The number of alkyl halides is 8. The molecule has 2 amide bonds. The van der Waals surface area contributed by atoms with Crippen molar-refractivity contribution in [3.05, 3.63) is 189 Å². The molecule has 0 saturated carbocycles. The van der Waals surface area contributed by atoms with Gasteiger partial charge in [0.05, 0.1) is 39.6 Å². The van der Waals surface area contributed by atoms with Crippen LogP contribution in [0.25, 0.3) is 44.5 Å². The number of carbonyl (C=O) groups excluding carboxylic acids is 4. The number of halogens is 16. The number of esters is 2. The standard InChI is InChI=1S/2C20H19F4NO4.2C18H16F4N2O3.CH4/c2*1-3-27-18(26)16-9-14(12-5-4-11(21)8-15(12)22)13-6-7-20(2,10-28-19(23)24)29-17(13)25-16;2*1-18(8-26-17(21)22)5-4-11-12(10-3-2-9(19)6-13(10)20)7-14(15(23)25)24-16(11)27-18;/h2*4-5,8-9,19H,3,6-7,10H2,1-2H3;2*2-3,6-7,17H,4-5,8H2,1H3,(H2,23,25);1H4/t2*20-;2*18-;/m1010./s1. The molecule has 0 spiro atoms. The molecule has 113 heavy (non-hydrogen) atoms. The number of primary amides is 2. The molecule has 12 rings (SSSR count). The Labute approximate surface area is 635 Å². The van der Waals surface area contributed by atoms with Crippen molar-refractivity contribution in [1.29, 1.82) is 0 Å². The van der Waals surface area contributed by atoms with Gasteiger partial charge < -0.3 is 58.8 Å². The third-order valence-electron chi connectivity index (χ3n) is 17.8. The van der Waals surface area contributed by atoms with E-state index in [9.17, 15) is 89.4 Å². The van der Waals surface area contributed by atoms with Gasteiger partial charge in [0.1, 0.15) is 80.3 Å². The van der Waals surface area contributed by atoms with Crippen LogP contribution in [0, 0.1) is 46.5 Å². The molecule has 0 unspecified atom stereocenters. The first kappa shape index (κ1) is 87.9. The van der Waals surface area contributed by atoms with Gasteiger partial charge in [-0.05, 0) is 188 Å². The summed E-state index contributed by atoms with van der Waals surface area (Å²) >= 11 is 0. The van der Waals surface area contributed by atoms with Gasteiger partial charge in [-0.15, -0.1) is 0 Å².